The van der Waals surface area contributed by atoms with Crippen LogP contribution in [0.25, 0.3) is 0 Å². The predicted molar refractivity (Wildman–Crippen MR) is 131 cm³/mol. The Kier molecular flexibility index (Phi) is 8.76. The smallest absolute Gasteiger partial charge is 0.341 e. The minimum Gasteiger partial charge on any atom is -0.486 e. The average molecular weight is 509 g/mol. The Balaban J connectivity index is 1.60. The lowest BCUT2D eigenvalue weighted by Gasteiger charge is -2.10. The Bertz CT molecular complexity index is 1150. The highest BCUT2D eigenvalue weighted by Gasteiger charge is 2.19. The van der Waals surface area contributed by atoms with Gasteiger partial charge in [0, 0.05) is 16.4 Å². The van der Waals surface area contributed by atoms with Gasteiger partial charge in [-0.15, -0.1) is 21.5 Å². The van der Waals surface area contributed by atoms with E-state index < -0.39 is 5.97 Å². The molecule has 0 aliphatic carbocycles. The molecule has 1 N–H and O–H groups in total. The number of benzene rings is 1. The van der Waals surface area contributed by atoms with Gasteiger partial charge in [-0.25, -0.2) is 4.79 Å². The van der Waals surface area contributed by atoms with Gasteiger partial charge in [0.25, 0.3) is 0 Å². The van der Waals surface area contributed by atoms with Crippen molar-refractivity contribution in [1.29, 1.82) is 0 Å². The van der Waals surface area contributed by atoms with E-state index in [2.05, 4.69) is 15.5 Å². The van der Waals surface area contributed by atoms with Crippen LogP contribution in [0.4, 0.5) is 5.00 Å². The highest BCUT2D eigenvalue weighted by Crippen LogP contribution is 2.29. The van der Waals surface area contributed by atoms with Gasteiger partial charge in [0.2, 0.25) is 5.91 Å². The number of carbonyl (C=O) groups is 2. The second-order valence-electron chi connectivity index (χ2n) is 7.00. The molecular formula is C22H25ClN4O4S2. The second kappa shape index (κ2) is 11.5. The quantitative estimate of drug-likeness (QED) is 0.300. The summed E-state index contributed by atoms with van der Waals surface area (Å²) in [6.07, 6.45) is 0. The normalized spacial score (nSPS) is 10.8. The molecule has 0 radical (unpaired) electrons. The number of esters is 1. The zero-order valence-corrected chi connectivity index (χ0v) is 21.2. The molecule has 0 fully saturated rings. The highest BCUT2D eigenvalue weighted by molar-refractivity contribution is 7.99. The summed E-state index contributed by atoms with van der Waals surface area (Å²) in [5.41, 5.74) is 1.30. The van der Waals surface area contributed by atoms with Crippen LogP contribution in [-0.4, -0.2) is 39.0 Å². The van der Waals surface area contributed by atoms with Crippen LogP contribution >= 0.6 is 34.7 Å². The van der Waals surface area contributed by atoms with Gasteiger partial charge in [0.05, 0.1) is 17.9 Å². The minimum absolute atomic E-state index is 0.120. The Hall–Kier alpha value is -2.56. The lowest BCUT2D eigenvalue weighted by atomic mass is 10.2. The summed E-state index contributed by atoms with van der Waals surface area (Å²) in [7, 11) is 0. The van der Waals surface area contributed by atoms with Gasteiger partial charge in [-0.3, -0.25) is 4.79 Å². The van der Waals surface area contributed by atoms with Crippen LogP contribution < -0.4 is 10.1 Å². The van der Waals surface area contributed by atoms with Gasteiger partial charge >= 0.3 is 5.97 Å². The third-order valence-electron chi connectivity index (χ3n) is 4.54. The van der Waals surface area contributed by atoms with Crippen molar-refractivity contribution in [3.63, 3.8) is 0 Å². The van der Waals surface area contributed by atoms with E-state index >= 15 is 0 Å². The lowest BCUT2D eigenvalue weighted by molar-refractivity contribution is -0.113. The van der Waals surface area contributed by atoms with Crippen LogP contribution in [0.2, 0.25) is 5.02 Å². The number of rotatable bonds is 10. The minimum atomic E-state index is -0.448. The fourth-order valence-electron chi connectivity index (χ4n) is 2.97. The molecule has 0 saturated carbocycles. The zero-order chi connectivity index (χ0) is 24.0. The topological polar surface area (TPSA) is 95.3 Å². The first-order valence-electron chi connectivity index (χ1n) is 10.3. The van der Waals surface area contributed by atoms with Crippen LogP contribution in [0.3, 0.4) is 0 Å². The van der Waals surface area contributed by atoms with Crippen molar-refractivity contribution >= 4 is 51.6 Å². The molecule has 3 aromatic rings. The molecule has 2 heterocycles. The number of thiophene rings is 1. The van der Waals surface area contributed by atoms with E-state index in [1.54, 1.807) is 25.1 Å². The highest BCUT2D eigenvalue weighted by atomic mass is 35.5. The Morgan fingerprint density at radius 3 is 2.70 bits per heavy atom. The lowest BCUT2D eigenvalue weighted by Crippen LogP contribution is -2.16. The molecule has 2 aromatic heterocycles. The monoisotopic (exact) mass is 508 g/mol. The molecular weight excluding hydrogens is 484 g/mol. The van der Waals surface area contributed by atoms with E-state index in [-0.39, 0.29) is 24.9 Å². The number of amides is 1. The molecule has 11 heteroatoms. The fraction of sp³-hybridized carbons (Fsp3) is 0.364. The molecule has 1 aromatic carbocycles. The number of thioether (sulfide) groups is 1. The summed E-state index contributed by atoms with van der Waals surface area (Å²) >= 11 is 8.67. The van der Waals surface area contributed by atoms with Gasteiger partial charge in [-0.1, -0.05) is 23.4 Å². The van der Waals surface area contributed by atoms with Crippen molar-refractivity contribution in [3.05, 3.63) is 51.1 Å². The number of hydrogen-bond acceptors (Lipinski definition) is 8. The summed E-state index contributed by atoms with van der Waals surface area (Å²) in [5, 5.41) is 13.0. The van der Waals surface area contributed by atoms with Crippen LogP contribution in [0.1, 0.15) is 40.5 Å². The van der Waals surface area contributed by atoms with Gasteiger partial charge in [-0.05, 0) is 57.5 Å². The summed E-state index contributed by atoms with van der Waals surface area (Å²) < 4.78 is 12.8. The number of nitrogens with zero attached hydrogens (tertiary/aromatic N) is 3. The summed E-state index contributed by atoms with van der Waals surface area (Å²) in [6.45, 7) is 8.65. The van der Waals surface area contributed by atoms with E-state index in [4.69, 9.17) is 21.1 Å². The van der Waals surface area contributed by atoms with Gasteiger partial charge in [-0.2, -0.15) is 0 Å². The van der Waals surface area contributed by atoms with E-state index in [1.807, 2.05) is 31.4 Å². The van der Waals surface area contributed by atoms with E-state index in [1.165, 1.54) is 23.1 Å². The Morgan fingerprint density at radius 2 is 2.00 bits per heavy atom. The standard InChI is InChI=1S/C22H25ClN4O4S2/c1-5-27-18(11-31-15-7-8-17(23)13(3)9-15)25-26-22(27)32-12-19(28)24-20-16(10-14(4)33-20)21(29)30-6-2/h7-10H,5-6,11-12H2,1-4H3,(H,24,28). The summed E-state index contributed by atoms with van der Waals surface area (Å²) in [4.78, 5) is 25.6. The first-order chi connectivity index (χ1) is 15.8. The molecule has 1 amide bonds. The fourth-order valence-corrected chi connectivity index (χ4v) is 4.82. The van der Waals surface area contributed by atoms with Gasteiger partial charge < -0.3 is 19.4 Å². The number of ether oxygens (including phenoxy) is 2. The van der Waals surface area contributed by atoms with Crippen molar-refractivity contribution in [3.8, 4) is 5.75 Å². The molecule has 0 saturated heterocycles. The van der Waals surface area contributed by atoms with Crippen LogP contribution in [0.15, 0.2) is 29.4 Å². The van der Waals surface area contributed by atoms with E-state index in [9.17, 15) is 9.59 Å². The molecule has 3 rings (SSSR count). The number of hydrogen-bond donors (Lipinski definition) is 1. The third-order valence-corrected chi connectivity index (χ3v) is 6.90. The molecule has 0 aliphatic heterocycles. The molecule has 0 unspecified atom stereocenters. The first kappa shape index (κ1) is 25.1. The van der Waals surface area contributed by atoms with Crippen molar-refractivity contribution in [2.45, 2.75) is 46.0 Å². The molecule has 0 aliphatic rings. The van der Waals surface area contributed by atoms with Crippen molar-refractivity contribution in [2.75, 3.05) is 17.7 Å². The predicted octanol–water partition coefficient (Wildman–Crippen LogP) is 5.12. The number of anilines is 1. The molecule has 0 atom stereocenters. The van der Waals surface area contributed by atoms with Gasteiger partial charge in [0.15, 0.2) is 11.0 Å². The van der Waals surface area contributed by atoms with Crippen molar-refractivity contribution in [1.82, 2.24) is 14.8 Å². The number of carbonyl (C=O) groups excluding carboxylic acids is 2. The maximum Gasteiger partial charge on any atom is 0.341 e. The number of halogens is 1. The number of aryl methyl sites for hydroxylation is 2. The van der Waals surface area contributed by atoms with E-state index in [0.29, 0.717) is 38.9 Å². The first-order valence-corrected chi connectivity index (χ1v) is 12.5. The van der Waals surface area contributed by atoms with Crippen molar-refractivity contribution in [2.24, 2.45) is 0 Å². The Morgan fingerprint density at radius 1 is 1.21 bits per heavy atom. The van der Waals surface area contributed by atoms with Crippen molar-refractivity contribution < 1.29 is 19.1 Å². The molecule has 33 heavy (non-hydrogen) atoms. The maximum atomic E-state index is 12.5. The van der Waals surface area contributed by atoms with Crippen LogP contribution in [0, 0.1) is 13.8 Å². The summed E-state index contributed by atoms with van der Waals surface area (Å²) in [6, 6.07) is 7.18. The largest absolute Gasteiger partial charge is 0.486 e. The molecule has 0 bridgehead atoms. The number of aromatic nitrogens is 3. The van der Waals surface area contributed by atoms with Crippen LogP contribution in [0.5, 0.6) is 5.75 Å². The number of nitrogens with one attached hydrogen (secondary N) is 1. The van der Waals surface area contributed by atoms with Gasteiger partial charge in [0.1, 0.15) is 17.4 Å². The molecule has 8 nitrogen and oxygen atoms in total. The third kappa shape index (κ3) is 6.49. The Labute approximate surface area is 205 Å². The van der Waals surface area contributed by atoms with E-state index in [0.717, 1.165) is 10.4 Å². The summed E-state index contributed by atoms with van der Waals surface area (Å²) in [5.74, 6) is 0.781. The maximum absolute atomic E-state index is 12.5. The second-order valence-corrected chi connectivity index (χ2v) is 9.61. The average Bonchev–Trinajstić information content (AvgIpc) is 3.35. The molecule has 0 spiro atoms. The van der Waals surface area contributed by atoms with Crippen LogP contribution in [-0.2, 0) is 22.7 Å². The SMILES string of the molecule is CCOC(=O)c1cc(C)sc1NC(=O)CSc1nnc(COc2ccc(Cl)c(C)c2)n1CC. The zero-order valence-electron chi connectivity index (χ0n) is 18.8. The molecule has 176 valence electrons.